The lowest BCUT2D eigenvalue weighted by molar-refractivity contribution is 1.32. The summed E-state index contributed by atoms with van der Waals surface area (Å²) >= 11 is 0. The molecule has 0 fully saturated rings. The first-order chi connectivity index (χ1) is 24.8. The van der Waals surface area contributed by atoms with Gasteiger partial charge < -0.3 is 0 Å². The number of fused-ring (bicyclic) bond motifs is 10. The highest BCUT2D eigenvalue weighted by Gasteiger charge is 2.18. The topological polar surface area (TPSA) is 17.3 Å². The van der Waals surface area contributed by atoms with Crippen molar-refractivity contribution in [3.8, 4) is 22.3 Å². The molecule has 0 bridgehead atoms. The number of benzene rings is 8. The van der Waals surface area contributed by atoms with Gasteiger partial charge in [-0.05, 0) is 87.2 Å². The van der Waals surface area contributed by atoms with E-state index < -0.39 is 7.92 Å². The lowest BCUT2D eigenvalue weighted by Gasteiger charge is -2.19. The van der Waals surface area contributed by atoms with Crippen LogP contribution in [0.3, 0.4) is 0 Å². The van der Waals surface area contributed by atoms with Crippen molar-refractivity contribution in [1.82, 2.24) is 9.38 Å². The summed E-state index contributed by atoms with van der Waals surface area (Å²) in [6, 6.07) is 68.5. The van der Waals surface area contributed by atoms with Crippen molar-refractivity contribution in [3.05, 3.63) is 188 Å². The summed E-state index contributed by atoms with van der Waals surface area (Å²) in [7, 11) is -0.642. The predicted molar refractivity (Wildman–Crippen MR) is 215 cm³/mol. The molecular weight excluding hydrogens is 624 g/mol. The van der Waals surface area contributed by atoms with Crippen molar-refractivity contribution in [1.29, 1.82) is 0 Å². The van der Waals surface area contributed by atoms with Crippen LogP contribution in [-0.2, 0) is 0 Å². The largest absolute Gasteiger partial charge is 0.292 e. The third-order valence-electron chi connectivity index (χ3n) is 9.92. The van der Waals surface area contributed by atoms with Crippen molar-refractivity contribution < 1.29 is 0 Å². The summed E-state index contributed by atoms with van der Waals surface area (Å²) in [4.78, 5) is 5.18. The molecule has 0 aliphatic heterocycles. The Hall–Kier alpha value is -6.08. The Morgan fingerprint density at radius 2 is 0.980 bits per heavy atom. The van der Waals surface area contributed by atoms with Crippen molar-refractivity contribution in [2.24, 2.45) is 0 Å². The van der Waals surface area contributed by atoms with Crippen molar-refractivity contribution >= 4 is 73.0 Å². The number of pyridine rings is 1. The number of aromatic nitrogens is 2. The molecule has 0 N–H and O–H groups in total. The zero-order valence-electron chi connectivity index (χ0n) is 27.2. The molecule has 0 aliphatic rings. The molecule has 10 rings (SSSR count). The molecule has 234 valence electrons. The van der Waals surface area contributed by atoms with Crippen molar-refractivity contribution in [2.75, 3.05) is 0 Å². The fraction of sp³-hybridized carbons (Fsp3) is 0. The summed E-state index contributed by atoms with van der Waals surface area (Å²) in [5.74, 6) is 0. The molecule has 0 saturated heterocycles. The van der Waals surface area contributed by atoms with Crippen molar-refractivity contribution in [3.63, 3.8) is 0 Å². The van der Waals surface area contributed by atoms with Gasteiger partial charge in [0.25, 0.3) is 0 Å². The van der Waals surface area contributed by atoms with Gasteiger partial charge >= 0.3 is 0 Å². The molecule has 0 aliphatic carbocycles. The standard InChI is InChI=1S/C47H31N2P/c1-3-15-37(16-4-1)50(38-17-5-2-6-18-38)39-26-22-32(23-27-39)34-13-11-14-35(30-34)36-25-28-41-45(31-36)49-44-21-10-9-20-43(44)48-47(49)42-29-24-33-12-7-8-19-40(33)46(41)42/h1-31H. The van der Waals surface area contributed by atoms with E-state index in [4.69, 9.17) is 4.98 Å². The average molecular weight is 655 g/mol. The number of hydrogen-bond donors (Lipinski definition) is 0. The molecule has 0 spiro atoms. The Bertz CT molecular complexity index is 2820. The first kappa shape index (κ1) is 28.9. The number of rotatable bonds is 5. The van der Waals surface area contributed by atoms with Gasteiger partial charge in [0.15, 0.2) is 0 Å². The van der Waals surface area contributed by atoms with Crippen LogP contribution in [-0.4, -0.2) is 9.38 Å². The summed E-state index contributed by atoms with van der Waals surface area (Å²) in [5.41, 5.74) is 9.10. The first-order valence-electron chi connectivity index (χ1n) is 17.1. The van der Waals surface area contributed by atoms with E-state index in [0.29, 0.717) is 0 Å². The number of hydrogen-bond acceptors (Lipinski definition) is 1. The van der Waals surface area contributed by atoms with Gasteiger partial charge in [0, 0.05) is 16.2 Å². The van der Waals surface area contributed by atoms with Gasteiger partial charge in [-0.25, -0.2) is 4.98 Å². The third-order valence-corrected chi connectivity index (χ3v) is 12.4. The molecule has 0 unspecified atom stereocenters. The van der Waals surface area contributed by atoms with E-state index in [0.717, 1.165) is 16.7 Å². The number of imidazole rings is 1. The molecular formula is C47H31N2P. The van der Waals surface area contributed by atoms with Crippen molar-refractivity contribution in [2.45, 2.75) is 0 Å². The zero-order chi connectivity index (χ0) is 33.0. The maximum absolute atomic E-state index is 5.18. The van der Waals surface area contributed by atoms with Crippen LogP contribution in [0, 0.1) is 0 Å². The SMILES string of the molecule is c1ccc(P(c2ccccc2)c2ccc(-c3cccc(-c4ccc5c6c7ccccc7ccc6c6nc7ccccc7n6c5c4)c3)cc2)cc1. The molecule has 2 aromatic heterocycles. The molecule has 0 atom stereocenters. The van der Waals surface area contributed by atoms with Crippen LogP contribution in [0.15, 0.2) is 188 Å². The monoisotopic (exact) mass is 654 g/mol. The van der Waals surface area contributed by atoms with Crippen LogP contribution < -0.4 is 15.9 Å². The number of para-hydroxylation sites is 2. The second-order valence-corrected chi connectivity index (χ2v) is 15.1. The van der Waals surface area contributed by atoms with E-state index in [1.165, 1.54) is 70.6 Å². The molecule has 3 heteroatoms. The highest BCUT2D eigenvalue weighted by Crippen LogP contribution is 2.39. The molecule has 50 heavy (non-hydrogen) atoms. The lowest BCUT2D eigenvalue weighted by Crippen LogP contribution is -2.20. The summed E-state index contributed by atoms with van der Waals surface area (Å²) in [6.45, 7) is 0. The Kier molecular flexibility index (Phi) is 6.82. The van der Waals surface area contributed by atoms with Gasteiger partial charge in [-0.3, -0.25) is 4.40 Å². The molecule has 0 radical (unpaired) electrons. The van der Waals surface area contributed by atoms with Crippen LogP contribution in [0.5, 0.6) is 0 Å². The minimum absolute atomic E-state index is 0.642. The van der Waals surface area contributed by atoms with Gasteiger partial charge in [-0.1, -0.05) is 158 Å². The fourth-order valence-electron chi connectivity index (χ4n) is 7.59. The Morgan fingerprint density at radius 1 is 0.380 bits per heavy atom. The minimum atomic E-state index is -0.642. The highest BCUT2D eigenvalue weighted by atomic mass is 31.1. The molecule has 0 amide bonds. The predicted octanol–water partition coefficient (Wildman–Crippen LogP) is 11.0. The smallest absolute Gasteiger partial charge is 0.146 e. The molecule has 2 heterocycles. The van der Waals surface area contributed by atoms with Crippen LogP contribution in [0.2, 0.25) is 0 Å². The maximum Gasteiger partial charge on any atom is 0.146 e. The Morgan fingerprint density at radius 3 is 1.76 bits per heavy atom. The third kappa shape index (κ3) is 4.72. The fourth-order valence-corrected chi connectivity index (χ4v) is 9.87. The van der Waals surface area contributed by atoms with Crippen LogP contribution >= 0.6 is 7.92 Å². The van der Waals surface area contributed by atoms with E-state index in [-0.39, 0.29) is 0 Å². The van der Waals surface area contributed by atoms with E-state index in [1.54, 1.807) is 0 Å². The first-order valence-corrected chi connectivity index (χ1v) is 18.4. The Labute approximate surface area is 291 Å². The second kappa shape index (κ2) is 11.8. The van der Waals surface area contributed by atoms with Gasteiger partial charge in [0.05, 0.1) is 16.6 Å². The summed E-state index contributed by atoms with van der Waals surface area (Å²) in [6.07, 6.45) is 0. The molecule has 0 saturated carbocycles. The van der Waals surface area contributed by atoms with Gasteiger partial charge in [-0.15, -0.1) is 0 Å². The van der Waals surface area contributed by atoms with E-state index in [1.807, 2.05) is 0 Å². The van der Waals surface area contributed by atoms with Gasteiger partial charge in [-0.2, -0.15) is 0 Å². The second-order valence-electron chi connectivity index (χ2n) is 12.8. The van der Waals surface area contributed by atoms with E-state index in [2.05, 4.69) is 192 Å². The van der Waals surface area contributed by atoms with E-state index in [9.17, 15) is 0 Å². The van der Waals surface area contributed by atoms with Crippen LogP contribution in [0.25, 0.3) is 71.4 Å². The zero-order valence-corrected chi connectivity index (χ0v) is 28.1. The van der Waals surface area contributed by atoms with Gasteiger partial charge in [0.2, 0.25) is 0 Å². The Balaban J connectivity index is 1.10. The van der Waals surface area contributed by atoms with Crippen LogP contribution in [0.4, 0.5) is 0 Å². The number of nitrogens with zero attached hydrogens (tertiary/aromatic N) is 2. The summed E-state index contributed by atoms with van der Waals surface area (Å²) in [5, 5.41) is 10.2. The maximum atomic E-state index is 5.18. The van der Waals surface area contributed by atoms with Crippen LogP contribution in [0.1, 0.15) is 0 Å². The van der Waals surface area contributed by atoms with Gasteiger partial charge in [0.1, 0.15) is 5.65 Å². The molecule has 2 nitrogen and oxygen atoms in total. The highest BCUT2D eigenvalue weighted by molar-refractivity contribution is 7.79. The minimum Gasteiger partial charge on any atom is -0.292 e. The average Bonchev–Trinajstić information content (AvgIpc) is 3.59. The lowest BCUT2D eigenvalue weighted by atomic mass is 9.95. The normalized spacial score (nSPS) is 11.8. The molecule has 10 aromatic rings. The summed E-state index contributed by atoms with van der Waals surface area (Å²) < 4.78 is 2.35. The quantitative estimate of drug-likeness (QED) is 0.133. The molecule has 8 aromatic carbocycles. The van der Waals surface area contributed by atoms with E-state index >= 15 is 0 Å².